The van der Waals surface area contributed by atoms with Crippen LogP contribution in [0.4, 0.5) is 24.8 Å². The Morgan fingerprint density at radius 3 is 2.33 bits per heavy atom. The van der Waals surface area contributed by atoms with Gasteiger partial charge in [-0.1, -0.05) is 18.2 Å². The molecule has 1 aromatic heterocycles. The second kappa shape index (κ2) is 10.2. The monoisotopic (exact) mass is 573 g/mol. The number of carbonyl (C=O) groups is 2. The molecule has 0 aliphatic carbocycles. The van der Waals surface area contributed by atoms with Crippen LogP contribution in [0.15, 0.2) is 59.8 Å². The Labute approximate surface area is 229 Å². The van der Waals surface area contributed by atoms with Gasteiger partial charge in [-0.05, 0) is 53.8 Å². The first-order chi connectivity index (χ1) is 18.8. The molecule has 0 bridgehead atoms. The Bertz CT molecular complexity index is 1560. The van der Waals surface area contributed by atoms with E-state index in [1.807, 2.05) is 4.90 Å². The van der Waals surface area contributed by atoms with Crippen LogP contribution < -0.4 is 10.2 Å². The third-order valence-corrected chi connectivity index (χ3v) is 8.29. The van der Waals surface area contributed by atoms with Gasteiger partial charge in [-0.15, -0.1) is 0 Å². The number of sulfone groups is 1. The molecule has 0 spiro atoms. The lowest BCUT2D eigenvalue weighted by Crippen LogP contribution is -2.35. The summed E-state index contributed by atoms with van der Waals surface area (Å²) in [5, 5.41) is 2.73. The largest absolute Gasteiger partial charge is 0.416 e. The minimum absolute atomic E-state index is 0.0991. The van der Waals surface area contributed by atoms with Crippen molar-refractivity contribution in [1.29, 1.82) is 0 Å². The molecule has 40 heavy (non-hydrogen) atoms. The average Bonchev–Trinajstić information content (AvgIpc) is 3.53. The van der Waals surface area contributed by atoms with Gasteiger partial charge in [0.1, 0.15) is 6.04 Å². The molecule has 210 valence electrons. The summed E-state index contributed by atoms with van der Waals surface area (Å²) < 4.78 is 62.8. The second-order valence-electron chi connectivity index (χ2n) is 9.91. The Morgan fingerprint density at radius 2 is 1.73 bits per heavy atom. The molecule has 9 nitrogen and oxygen atoms in total. The molecular formula is C27H26F3N5O4S. The van der Waals surface area contributed by atoms with Gasteiger partial charge in [-0.3, -0.25) is 9.59 Å². The highest BCUT2D eigenvalue weighted by molar-refractivity contribution is 7.90. The second-order valence-corrected chi connectivity index (χ2v) is 11.9. The van der Waals surface area contributed by atoms with Gasteiger partial charge in [0.25, 0.3) is 5.91 Å². The van der Waals surface area contributed by atoms with Crippen molar-refractivity contribution in [3.63, 3.8) is 0 Å². The van der Waals surface area contributed by atoms with Gasteiger partial charge >= 0.3 is 6.18 Å². The number of anilines is 2. The van der Waals surface area contributed by atoms with Crippen molar-refractivity contribution in [3.8, 4) is 0 Å². The summed E-state index contributed by atoms with van der Waals surface area (Å²) in [6.45, 7) is 2.06. The van der Waals surface area contributed by atoms with Crippen molar-refractivity contribution in [2.24, 2.45) is 0 Å². The average molecular weight is 574 g/mol. The molecule has 2 aliphatic heterocycles. The van der Waals surface area contributed by atoms with E-state index in [-0.39, 0.29) is 23.4 Å². The number of carbonyl (C=O) groups excluding carboxylic acids is 2. The van der Waals surface area contributed by atoms with Crippen LogP contribution in [0, 0.1) is 0 Å². The van der Waals surface area contributed by atoms with Gasteiger partial charge in [0, 0.05) is 26.3 Å². The molecule has 3 heterocycles. The van der Waals surface area contributed by atoms with Crippen LogP contribution in [0.5, 0.6) is 0 Å². The van der Waals surface area contributed by atoms with Gasteiger partial charge in [0.05, 0.1) is 34.6 Å². The van der Waals surface area contributed by atoms with Gasteiger partial charge in [0.2, 0.25) is 11.9 Å². The molecule has 0 saturated carbocycles. The summed E-state index contributed by atoms with van der Waals surface area (Å²) in [6, 6.07) is 8.39. The minimum atomic E-state index is -4.40. The molecule has 2 atom stereocenters. The number of amides is 2. The van der Waals surface area contributed by atoms with E-state index < -0.39 is 33.5 Å². The fraction of sp³-hybridized carbons (Fsp3) is 0.333. The third kappa shape index (κ3) is 5.37. The number of aromatic nitrogens is 2. The fourth-order valence-corrected chi connectivity index (χ4v) is 5.90. The highest BCUT2D eigenvalue weighted by Crippen LogP contribution is 2.38. The summed E-state index contributed by atoms with van der Waals surface area (Å²) in [5.74, 6) is -0.460. The normalized spacial score (nSPS) is 19.0. The summed E-state index contributed by atoms with van der Waals surface area (Å²) >= 11 is 0. The number of hydrogen-bond acceptors (Lipinski definition) is 7. The number of halogens is 3. The maximum absolute atomic E-state index is 13.3. The quantitative estimate of drug-likeness (QED) is 0.485. The van der Waals surface area contributed by atoms with Crippen LogP contribution in [0.25, 0.3) is 0 Å². The summed E-state index contributed by atoms with van der Waals surface area (Å²) in [4.78, 5) is 37.7. The molecule has 1 N–H and O–H groups in total. The van der Waals surface area contributed by atoms with E-state index in [1.54, 1.807) is 6.07 Å². The molecule has 1 fully saturated rings. The first-order valence-corrected chi connectivity index (χ1v) is 14.4. The Kier molecular flexibility index (Phi) is 7.02. The molecule has 2 aliphatic rings. The number of nitrogens with one attached hydrogen (secondary N) is 1. The van der Waals surface area contributed by atoms with Crippen molar-refractivity contribution >= 4 is 33.3 Å². The van der Waals surface area contributed by atoms with Crippen molar-refractivity contribution in [2.45, 2.75) is 49.5 Å². The van der Waals surface area contributed by atoms with Crippen LogP contribution in [0.1, 0.15) is 54.1 Å². The summed E-state index contributed by atoms with van der Waals surface area (Å²) in [5.41, 5.74) is 1.43. The number of fused-ring (bicyclic) bond motifs is 1. The van der Waals surface area contributed by atoms with Crippen LogP contribution in [0.2, 0.25) is 0 Å². The highest BCUT2D eigenvalue weighted by atomic mass is 32.2. The molecular weight excluding hydrogens is 547 g/mol. The van der Waals surface area contributed by atoms with Crippen molar-refractivity contribution in [2.75, 3.05) is 23.0 Å². The number of rotatable bonds is 5. The van der Waals surface area contributed by atoms with Gasteiger partial charge in [-0.25, -0.2) is 18.4 Å². The van der Waals surface area contributed by atoms with Gasteiger partial charge < -0.3 is 15.1 Å². The molecule has 13 heteroatoms. The van der Waals surface area contributed by atoms with E-state index in [2.05, 4.69) is 15.3 Å². The number of alkyl halides is 3. The molecule has 3 aromatic rings. The highest BCUT2D eigenvalue weighted by Gasteiger charge is 2.38. The number of benzene rings is 2. The number of hydrogen-bond donors (Lipinski definition) is 1. The third-order valence-electron chi connectivity index (χ3n) is 7.18. The van der Waals surface area contributed by atoms with Gasteiger partial charge in [0.15, 0.2) is 9.84 Å². The molecule has 1 unspecified atom stereocenters. The summed E-state index contributed by atoms with van der Waals surface area (Å²) in [6.07, 6.45) is 1.10. The standard InChI is InChI=1S/C27H26F3N5O4S/c1-16(36)35-15-18-12-21(40(2,38)39)9-10-22(18)24(35)25(37)33-20-13-31-26(32-14-20)34-11-3-4-23(34)17-5-7-19(8-6-17)27(28,29)30/h5-10,12-14,23-24H,3-4,11,15H2,1-2H3,(H,33,37)/t23?,24-/m1/s1. The summed E-state index contributed by atoms with van der Waals surface area (Å²) in [7, 11) is -3.46. The van der Waals surface area contributed by atoms with Crippen LogP contribution in [0.3, 0.4) is 0 Å². The first kappa shape index (κ1) is 27.6. The van der Waals surface area contributed by atoms with Crippen LogP contribution >= 0.6 is 0 Å². The van der Waals surface area contributed by atoms with Crippen molar-refractivity contribution < 1.29 is 31.2 Å². The van der Waals surface area contributed by atoms with Gasteiger partial charge in [-0.2, -0.15) is 13.2 Å². The SMILES string of the molecule is CC(=O)N1Cc2cc(S(C)(=O)=O)ccc2[C@@H]1C(=O)Nc1cnc(N2CCCC2c2ccc(C(F)(F)F)cc2)nc1. The van der Waals surface area contributed by atoms with E-state index >= 15 is 0 Å². The minimum Gasteiger partial charge on any atom is -0.334 e. The Hall–Kier alpha value is -4.00. The van der Waals surface area contributed by atoms with E-state index in [0.29, 0.717) is 29.3 Å². The zero-order valence-electron chi connectivity index (χ0n) is 21.6. The Balaban J connectivity index is 1.32. The zero-order chi connectivity index (χ0) is 28.8. The maximum Gasteiger partial charge on any atom is 0.416 e. The van der Waals surface area contributed by atoms with Crippen LogP contribution in [-0.2, 0) is 32.1 Å². The topological polar surface area (TPSA) is 113 Å². The lowest BCUT2D eigenvalue weighted by atomic mass is 10.0. The Morgan fingerprint density at radius 1 is 1.05 bits per heavy atom. The van der Waals surface area contributed by atoms with E-state index in [0.717, 1.165) is 36.8 Å². The molecule has 0 radical (unpaired) electrons. The lowest BCUT2D eigenvalue weighted by molar-refractivity contribution is -0.137. The predicted molar refractivity (Wildman–Crippen MR) is 140 cm³/mol. The first-order valence-electron chi connectivity index (χ1n) is 12.5. The van der Waals surface area contributed by atoms with E-state index in [4.69, 9.17) is 0 Å². The molecule has 5 rings (SSSR count). The zero-order valence-corrected chi connectivity index (χ0v) is 22.5. The van der Waals surface area contributed by atoms with Crippen LogP contribution in [-0.4, -0.2) is 47.9 Å². The molecule has 2 aromatic carbocycles. The maximum atomic E-state index is 13.3. The van der Waals surface area contributed by atoms with E-state index in [9.17, 15) is 31.2 Å². The predicted octanol–water partition coefficient (Wildman–Crippen LogP) is 4.28. The van der Waals surface area contributed by atoms with Crippen molar-refractivity contribution in [3.05, 3.63) is 77.1 Å². The fourth-order valence-electron chi connectivity index (χ4n) is 5.23. The molecule has 1 saturated heterocycles. The lowest BCUT2D eigenvalue weighted by Gasteiger charge is -2.25. The van der Waals surface area contributed by atoms with E-state index in [1.165, 1.54) is 48.5 Å². The number of nitrogens with zero attached hydrogens (tertiary/aromatic N) is 4. The molecule has 2 amide bonds. The smallest absolute Gasteiger partial charge is 0.334 e. The van der Waals surface area contributed by atoms with Crippen molar-refractivity contribution in [1.82, 2.24) is 14.9 Å².